The Balaban J connectivity index is 1.94. The van der Waals surface area contributed by atoms with Gasteiger partial charge in [-0.3, -0.25) is 9.99 Å². The van der Waals surface area contributed by atoms with Crippen LogP contribution in [0.5, 0.6) is 0 Å². The minimum atomic E-state index is -0.375. The van der Waals surface area contributed by atoms with Crippen LogP contribution in [0.2, 0.25) is 0 Å². The van der Waals surface area contributed by atoms with Gasteiger partial charge in [0.25, 0.3) is 0 Å². The zero-order valence-electron chi connectivity index (χ0n) is 15.9. The van der Waals surface area contributed by atoms with Crippen LogP contribution >= 0.6 is 0 Å². The van der Waals surface area contributed by atoms with Crippen molar-refractivity contribution in [1.82, 2.24) is 19.8 Å². The number of hydrazone groups is 1. The van der Waals surface area contributed by atoms with Crippen LogP contribution in [0.15, 0.2) is 64.6 Å². The first kappa shape index (κ1) is 19.8. The second-order valence-corrected chi connectivity index (χ2v) is 6.33. The highest BCUT2D eigenvalue weighted by Gasteiger charge is 2.14. The number of hydrogen-bond acceptors (Lipinski definition) is 6. The molecular weight excluding hydrogens is 368 g/mol. The second-order valence-electron chi connectivity index (χ2n) is 6.33. The van der Waals surface area contributed by atoms with Crippen LogP contribution in [-0.4, -0.2) is 26.2 Å². The Bertz CT molecular complexity index is 1150. The van der Waals surface area contributed by atoms with E-state index in [1.165, 1.54) is 9.25 Å². The lowest BCUT2D eigenvalue weighted by atomic mass is 10.1. The maximum atomic E-state index is 12.9. The molecule has 146 valence electrons. The summed E-state index contributed by atoms with van der Waals surface area (Å²) in [6.07, 6.45) is 1.72. The predicted molar refractivity (Wildman–Crippen MR) is 110 cm³/mol. The van der Waals surface area contributed by atoms with Gasteiger partial charge in [0.05, 0.1) is 23.9 Å². The predicted octanol–water partition coefficient (Wildman–Crippen LogP) is 2.01. The zero-order chi connectivity index (χ0) is 20.8. The second kappa shape index (κ2) is 8.82. The standard InChI is InChI=1S/C21H20N6O2/c1-15(12-24-23-2)18-6-8-19(9-7-18)27-21(29)26(20(14-28)25-27)13-17-5-3-4-16(10-17)11-22/h3-10,12,24,28H,2,13-14H2,1H3/b15-12+. The number of hydrogen-bond donors (Lipinski definition) is 2. The first-order valence-electron chi connectivity index (χ1n) is 8.85. The van der Waals surface area contributed by atoms with Crippen molar-refractivity contribution in [3.05, 3.63) is 87.7 Å². The molecule has 0 atom stereocenters. The van der Waals surface area contributed by atoms with Gasteiger partial charge in [0.2, 0.25) is 0 Å². The number of nitrogens with one attached hydrogen (secondary N) is 1. The van der Waals surface area contributed by atoms with Crippen molar-refractivity contribution in [1.29, 1.82) is 5.26 Å². The van der Waals surface area contributed by atoms with Crippen molar-refractivity contribution in [3.8, 4) is 11.8 Å². The van der Waals surface area contributed by atoms with Gasteiger partial charge in [-0.2, -0.15) is 15.0 Å². The van der Waals surface area contributed by atoms with E-state index in [9.17, 15) is 9.90 Å². The Labute approximate surface area is 167 Å². The first-order chi connectivity index (χ1) is 14.1. The normalized spacial score (nSPS) is 11.1. The van der Waals surface area contributed by atoms with Crippen LogP contribution in [-0.2, 0) is 13.2 Å². The summed E-state index contributed by atoms with van der Waals surface area (Å²) in [5.74, 6) is 0.249. The molecule has 3 rings (SSSR count). The van der Waals surface area contributed by atoms with Crippen LogP contribution < -0.4 is 11.1 Å². The number of nitriles is 1. The van der Waals surface area contributed by atoms with E-state index in [4.69, 9.17) is 5.26 Å². The SMILES string of the molecule is C=NN/C=C(\C)c1ccc(-n2nc(CO)n(Cc3cccc(C#N)c3)c2=O)cc1. The van der Waals surface area contributed by atoms with Crippen molar-refractivity contribution in [2.75, 3.05) is 0 Å². The van der Waals surface area contributed by atoms with Gasteiger partial charge < -0.3 is 5.11 Å². The summed E-state index contributed by atoms with van der Waals surface area (Å²) in [6.45, 7) is 5.12. The third kappa shape index (κ3) is 4.31. The van der Waals surface area contributed by atoms with Gasteiger partial charge in [-0.15, -0.1) is 5.10 Å². The molecule has 2 N–H and O–H groups in total. The van der Waals surface area contributed by atoms with E-state index in [-0.39, 0.29) is 24.7 Å². The van der Waals surface area contributed by atoms with Crippen LogP contribution in [0.4, 0.5) is 0 Å². The van der Waals surface area contributed by atoms with E-state index in [1.54, 1.807) is 36.5 Å². The average molecular weight is 388 g/mol. The Hall–Kier alpha value is -3.96. The Morgan fingerprint density at radius 3 is 2.76 bits per heavy atom. The molecule has 1 aromatic heterocycles. The molecule has 3 aromatic rings. The summed E-state index contributed by atoms with van der Waals surface area (Å²) in [7, 11) is 0. The van der Waals surface area contributed by atoms with Crippen molar-refractivity contribution in [3.63, 3.8) is 0 Å². The van der Waals surface area contributed by atoms with E-state index in [0.29, 0.717) is 11.3 Å². The van der Waals surface area contributed by atoms with Gasteiger partial charge in [0, 0.05) is 12.9 Å². The fourth-order valence-corrected chi connectivity index (χ4v) is 2.89. The number of allylic oxidation sites excluding steroid dienone is 1. The Kier molecular flexibility index (Phi) is 6.02. The largest absolute Gasteiger partial charge is 0.388 e. The first-order valence-corrected chi connectivity index (χ1v) is 8.85. The molecule has 2 aromatic carbocycles. The van der Waals surface area contributed by atoms with Gasteiger partial charge in [-0.1, -0.05) is 24.3 Å². The van der Waals surface area contributed by atoms with Crippen molar-refractivity contribution in [2.45, 2.75) is 20.1 Å². The molecule has 8 nitrogen and oxygen atoms in total. The highest BCUT2D eigenvalue weighted by Crippen LogP contribution is 2.15. The van der Waals surface area contributed by atoms with E-state index < -0.39 is 0 Å². The monoisotopic (exact) mass is 388 g/mol. The zero-order valence-corrected chi connectivity index (χ0v) is 15.9. The van der Waals surface area contributed by atoms with Gasteiger partial charge in [-0.25, -0.2) is 4.79 Å². The molecule has 0 radical (unpaired) electrons. The molecule has 0 saturated carbocycles. The summed E-state index contributed by atoms with van der Waals surface area (Å²) >= 11 is 0. The minimum Gasteiger partial charge on any atom is -0.388 e. The van der Waals surface area contributed by atoms with Crippen LogP contribution in [0.25, 0.3) is 11.3 Å². The maximum absolute atomic E-state index is 12.9. The molecule has 0 aliphatic carbocycles. The number of nitrogens with zero attached hydrogens (tertiary/aromatic N) is 5. The van der Waals surface area contributed by atoms with E-state index in [1.807, 2.05) is 25.1 Å². The number of aliphatic hydroxyl groups excluding tert-OH is 1. The highest BCUT2D eigenvalue weighted by atomic mass is 16.3. The average Bonchev–Trinajstić information content (AvgIpc) is 3.07. The topological polar surface area (TPSA) is 108 Å². The van der Waals surface area contributed by atoms with Crippen molar-refractivity contribution in [2.24, 2.45) is 5.10 Å². The molecule has 0 saturated heterocycles. The Morgan fingerprint density at radius 2 is 2.10 bits per heavy atom. The smallest absolute Gasteiger partial charge is 0.351 e. The summed E-state index contributed by atoms with van der Waals surface area (Å²) < 4.78 is 2.65. The van der Waals surface area contributed by atoms with Crippen molar-refractivity contribution < 1.29 is 5.11 Å². The fraction of sp³-hybridized carbons (Fsp3) is 0.143. The summed E-state index contributed by atoms with van der Waals surface area (Å²) in [4.78, 5) is 12.9. The molecule has 0 aliphatic heterocycles. The van der Waals surface area contributed by atoms with E-state index in [0.717, 1.165) is 16.7 Å². The molecule has 0 aliphatic rings. The third-order valence-corrected chi connectivity index (χ3v) is 4.42. The van der Waals surface area contributed by atoms with E-state index in [2.05, 4.69) is 28.4 Å². The molecule has 0 amide bonds. The maximum Gasteiger partial charge on any atom is 0.351 e. The van der Waals surface area contributed by atoms with Crippen molar-refractivity contribution >= 4 is 12.3 Å². The molecular formula is C21H20N6O2. The molecule has 8 heteroatoms. The number of aliphatic hydroxyl groups is 1. The Morgan fingerprint density at radius 1 is 1.34 bits per heavy atom. The summed E-state index contributed by atoms with van der Waals surface area (Å²) in [5, 5.41) is 26.6. The van der Waals surface area contributed by atoms with Gasteiger partial charge in [0.1, 0.15) is 6.61 Å². The lowest BCUT2D eigenvalue weighted by molar-refractivity contribution is 0.265. The van der Waals surface area contributed by atoms with Gasteiger partial charge in [0.15, 0.2) is 5.82 Å². The third-order valence-electron chi connectivity index (χ3n) is 4.42. The molecule has 0 unspecified atom stereocenters. The minimum absolute atomic E-state index is 0.213. The number of rotatable bonds is 7. The van der Waals surface area contributed by atoms with Crippen LogP contribution in [0.1, 0.15) is 29.4 Å². The lowest BCUT2D eigenvalue weighted by Crippen LogP contribution is -2.25. The van der Waals surface area contributed by atoms with Crippen LogP contribution in [0, 0.1) is 11.3 Å². The van der Waals surface area contributed by atoms with Gasteiger partial charge >= 0.3 is 5.69 Å². The quantitative estimate of drug-likeness (QED) is 0.475. The van der Waals surface area contributed by atoms with E-state index >= 15 is 0 Å². The molecule has 1 heterocycles. The molecule has 0 bridgehead atoms. The number of benzene rings is 2. The summed E-state index contributed by atoms with van der Waals surface area (Å²) in [6, 6.07) is 16.4. The summed E-state index contributed by atoms with van der Waals surface area (Å²) in [5.41, 5.74) is 6.09. The molecule has 0 fully saturated rings. The fourth-order valence-electron chi connectivity index (χ4n) is 2.89. The molecule has 0 spiro atoms. The number of aromatic nitrogens is 3. The highest BCUT2D eigenvalue weighted by molar-refractivity contribution is 5.64. The van der Waals surface area contributed by atoms with Gasteiger partial charge in [-0.05, 0) is 47.9 Å². The molecule has 29 heavy (non-hydrogen) atoms. The van der Waals surface area contributed by atoms with Crippen LogP contribution in [0.3, 0.4) is 0 Å². The lowest BCUT2D eigenvalue weighted by Gasteiger charge is -2.05.